The van der Waals surface area contributed by atoms with Gasteiger partial charge in [-0.15, -0.1) is 0 Å². The van der Waals surface area contributed by atoms with Crippen molar-refractivity contribution < 1.29 is 36.9 Å². The molecule has 1 aromatic carbocycles. The average molecular weight is 514 g/mol. The molecule has 198 valence electrons. The Balaban J connectivity index is 1.83. The number of carbonyl (C=O) groups excluding carboxylic acids is 1. The molecule has 0 aromatic heterocycles. The van der Waals surface area contributed by atoms with Crippen LogP contribution < -0.4 is 14.2 Å². The fraction of sp³-hybridized carbons (Fsp3) is 0.609. The van der Waals surface area contributed by atoms with Crippen LogP contribution in [-0.4, -0.2) is 106 Å². The van der Waals surface area contributed by atoms with Crippen molar-refractivity contribution in [3.05, 3.63) is 11.6 Å². The van der Waals surface area contributed by atoms with Crippen LogP contribution in [0.1, 0.15) is 18.9 Å². The van der Waals surface area contributed by atoms with Crippen molar-refractivity contribution in [2.24, 2.45) is 4.99 Å². The minimum Gasteiger partial charge on any atom is -0.493 e. The summed E-state index contributed by atoms with van der Waals surface area (Å²) < 4.78 is 59.2. The van der Waals surface area contributed by atoms with Crippen LogP contribution in [0, 0.1) is 11.3 Å². The van der Waals surface area contributed by atoms with Crippen LogP contribution in [-0.2, 0) is 4.74 Å². The highest BCUT2D eigenvalue weighted by atomic mass is 19.4. The maximum absolute atomic E-state index is 12.8. The minimum absolute atomic E-state index is 0.0205. The first kappa shape index (κ1) is 27.2. The molecule has 2 aliphatic heterocycles. The molecule has 0 saturated carbocycles. The third kappa shape index (κ3) is 6.63. The number of benzene rings is 1. The Morgan fingerprint density at radius 1 is 1.06 bits per heavy atom. The lowest BCUT2D eigenvalue weighted by atomic mass is 10.1. The Bertz CT molecular complexity index is 1010. The maximum atomic E-state index is 12.8. The maximum Gasteiger partial charge on any atom is 0.422 e. The van der Waals surface area contributed by atoms with Gasteiger partial charge in [-0.05, 0) is 13.3 Å². The van der Waals surface area contributed by atoms with Crippen molar-refractivity contribution >= 4 is 17.6 Å². The number of halogens is 3. The van der Waals surface area contributed by atoms with Gasteiger partial charge in [0.25, 0.3) is 0 Å². The van der Waals surface area contributed by atoms with Crippen LogP contribution in [0.5, 0.6) is 17.2 Å². The molecule has 0 N–H and O–H groups in total. The van der Waals surface area contributed by atoms with Gasteiger partial charge in [0.2, 0.25) is 5.75 Å². The number of hydrogen-bond acceptors (Lipinski definition) is 7. The van der Waals surface area contributed by atoms with E-state index in [0.717, 1.165) is 0 Å². The van der Waals surface area contributed by atoms with E-state index in [1.54, 1.807) is 16.7 Å². The van der Waals surface area contributed by atoms with Crippen LogP contribution in [0.2, 0.25) is 0 Å². The topological polar surface area (TPSA) is 99.9 Å². The van der Waals surface area contributed by atoms with E-state index in [1.807, 2.05) is 11.0 Å². The summed E-state index contributed by atoms with van der Waals surface area (Å²) in [6, 6.07) is 3.29. The van der Waals surface area contributed by atoms with Gasteiger partial charge in [0.15, 0.2) is 18.1 Å². The summed E-state index contributed by atoms with van der Waals surface area (Å²) >= 11 is 0. The van der Waals surface area contributed by atoms with Gasteiger partial charge in [0, 0.05) is 45.3 Å². The number of alkyl halides is 3. The van der Waals surface area contributed by atoms with Crippen molar-refractivity contribution in [3.63, 3.8) is 0 Å². The number of aliphatic imine (C=N–C) groups is 1. The largest absolute Gasteiger partial charge is 0.493 e. The first-order valence-corrected chi connectivity index (χ1v) is 11.5. The van der Waals surface area contributed by atoms with Crippen LogP contribution in [0.25, 0.3) is 0 Å². The van der Waals surface area contributed by atoms with Gasteiger partial charge < -0.3 is 33.6 Å². The second-order valence-corrected chi connectivity index (χ2v) is 8.22. The summed E-state index contributed by atoms with van der Waals surface area (Å²) in [5.41, 5.74) is -0.106. The Morgan fingerprint density at radius 3 is 2.31 bits per heavy atom. The van der Waals surface area contributed by atoms with Gasteiger partial charge in [-0.25, -0.2) is 9.79 Å². The molecule has 2 aliphatic rings. The van der Waals surface area contributed by atoms with Crippen LogP contribution >= 0.6 is 0 Å². The van der Waals surface area contributed by atoms with Gasteiger partial charge in [0.1, 0.15) is 17.5 Å². The Morgan fingerprint density at radius 2 is 1.69 bits per heavy atom. The number of amidine groups is 1. The van der Waals surface area contributed by atoms with Gasteiger partial charge in [-0.1, -0.05) is 0 Å². The van der Waals surface area contributed by atoms with Gasteiger partial charge in [-0.2, -0.15) is 18.4 Å². The SMILES string of the molecule is COc1cc(N=C(C)N2CCCN(C(=O)N3CCOCC3)CC2)c(C#N)c(OCC(F)(F)F)c1OC. The lowest BCUT2D eigenvalue weighted by molar-refractivity contribution is -0.153. The van der Waals surface area contributed by atoms with Gasteiger partial charge in [0.05, 0.1) is 33.1 Å². The number of ether oxygens (including phenoxy) is 4. The number of methoxy groups -OCH3 is 2. The highest BCUT2D eigenvalue weighted by Gasteiger charge is 2.31. The molecule has 2 fully saturated rings. The standard InChI is InChI=1S/C23H30F3N5O5/c1-16(29-5-4-6-30(8-7-29)22(32)31-9-11-35-12-10-31)28-18-13-19(33-2)21(34-3)20(17(18)14-27)36-15-23(24,25)26/h13H,4-12,15H2,1-3H3. The number of nitrogens with zero attached hydrogens (tertiary/aromatic N) is 5. The molecule has 0 radical (unpaired) electrons. The zero-order valence-electron chi connectivity index (χ0n) is 20.6. The van der Waals surface area contributed by atoms with E-state index >= 15 is 0 Å². The van der Waals surface area contributed by atoms with E-state index < -0.39 is 12.8 Å². The molecule has 36 heavy (non-hydrogen) atoms. The van der Waals surface area contributed by atoms with E-state index in [2.05, 4.69) is 4.99 Å². The number of hydrogen-bond donors (Lipinski definition) is 0. The number of carbonyl (C=O) groups is 1. The monoisotopic (exact) mass is 513 g/mol. The summed E-state index contributed by atoms with van der Waals surface area (Å²) in [5, 5.41) is 9.75. The molecular formula is C23H30F3N5O5. The summed E-state index contributed by atoms with van der Waals surface area (Å²) in [6.45, 7) is 4.53. The molecule has 0 atom stereocenters. The van der Waals surface area contributed by atoms with E-state index in [-0.39, 0.29) is 34.5 Å². The summed E-state index contributed by atoms with van der Waals surface area (Å²) in [5.74, 6) is 0.114. The van der Waals surface area contributed by atoms with Crippen LogP contribution in [0.15, 0.2) is 11.1 Å². The van der Waals surface area contributed by atoms with E-state index in [1.165, 1.54) is 20.3 Å². The molecule has 0 unspecified atom stereocenters. The number of amides is 2. The molecule has 2 amide bonds. The number of urea groups is 1. The van der Waals surface area contributed by atoms with Crippen LogP contribution in [0.3, 0.4) is 0 Å². The van der Waals surface area contributed by atoms with Crippen molar-refractivity contribution in [3.8, 4) is 23.3 Å². The van der Waals surface area contributed by atoms with E-state index in [9.17, 15) is 23.2 Å². The van der Waals surface area contributed by atoms with Crippen molar-refractivity contribution in [2.45, 2.75) is 19.5 Å². The number of morpholine rings is 1. The van der Waals surface area contributed by atoms with Crippen molar-refractivity contribution in [1.82, 2.24) is 14.7 Å². The quantitative estimate of drug-likeness (QED) is 0.441. The Hall–Kier alpha value is -3.40. The molecule has 2 heterocycles. The molecule has 13 heteroatoms. The molecule has 2 saturated heterocycles. The second kappa shape index (κ2) is 12.0. The zero-order chi connectivity index (χ0) is 26.3. The smallest absolute Gasteiger partial charge is 0.422 e. The fourth-order valence-corrected chi connectivity index (χ4v) is 4.07. The molecule has 0 bridgehead atoms. The zero-order valence-corrected chi connectivity index (χ0v) is 20.6. The molecule has 3 rings (SSSR count). The van der Waals surface area contributed by atoms with Gasteiger partial charge >= 0.3 is 12.2 Å². The predicted octanol–water partition coefficient (Wildman–Crippen LogP) is 3.03. The molecule has 1 aromatic rings. The molecular weight excluding hydrogens is 483 g/mol. The Kier molecular flexibility index (Phi) is 9.08. The summed E-state index contributed by atoms with van der Waals surface area (Å²) in [6.07, 6.45) is -3.91. The number of rotatable bonds is 5. The first-order valence-electron chi connectivity index (χ1n) is 11.5. The minimum atomic E-state index is -4.61. The highest BCUT2D eigenvalue weighted by molar-refractivity contribution is 5.85. The normalized spacial score (nSPS) is 17.4. The lowest BCUT2D eigenvalue weighted by Gasteiger charge is -2.32. The van der Waals surface area contributed by atoms with E-state index in [4.69, 9.17) is 18.9 Å². The summed E-state index contributed by atoms with van der Waals surface area (Å²) in [4.78, 5) is 22.9. The lowest BCUT2D eigenvalue weighted by Crippen LogP contribution is -2.49. The predicted molar refractivity (Wildman–Crippen MR) is 124 cm³/mol. The van der Waals surface area contributed by atoms with Crippen molar-refractivity contribution in [1.29, 1.82) is 5.26 Å². The first-order chi connectivity index (χ1) is 17.2. The van der Waals surface area contributed by atoms with Gasteiger partial charge in [-0.3, -0.25) is 0 Å². The number of nitriles is 1. The molecule has 0 spiro atoms. The highest BCUT2D eigenvalue weighted by Crippen LogP contribution is 2.45. The van der Waals surface area contributed by atoms with E-state index in [0.29, 0.717) is 64.7 Å². The Labute approximate surface area is 207 Å². The second-order valence-electron chi connectivity index (χ2n) is 8.22. The fourth-order valence-electron chi connectivity index (χ4n) is 4.07. The molecule has 10 nitrogen and oxygen atoms in total. The third-order valence-corrected chi connectivity index (χ3v) is 5.88. The summed E-state index contributed by atoms with van der Waals surface area (Å²) in [7, 11) is 2.57. The molecule has 0 aliphatic carbocycles. The van der Waals surface area contributed by atoms with Crippen LogP contribution in [0.4, 0.5) is 23.7 Å². The van der Waals surface area contributed by atoms with Crippen molar-refractivity contribution in [2.75, 3.05) is 73.3 Å². The third-order valence-electron chi connectivity index (χ3n) is 5.88. The average Bonchev–Trinajstić information content (AvgIpc) is 3.13.